The summed E-state index contributed by atoms with van der Waals surface area (Å²) in [4.78, 5) is 12.5. The van der Waals surface area contributed by atoms with Gasteiger partial charge in [-0.2, -0.15) is 0 Å². The number of hydrogen-bond donors (Lipinski definition) is 2. The Bertz CT molecular complexity index is 519. The van der Waals surface area contributed by atoms with Crippen LogP contribution in [0.4, 0.5) is 14.5 Å². The lowest BCUT2D eigenvalue weighted by molar-refractivity contribution is -0.127. The second-order valence-electron chi connectivity index (χ2n) is 5.96. The normalized spacial score (nSPS) is 19.4. The molecule has 1 aromatic carbocycles. The maximum absolute atomic E-state index is 13.8. The van der Waals surface area contributed by atoms with E-state index in [0.29, 0.717) is 6.07 Å². The van der Waals surface area contributed by atoms with Crippen molar-refractivity contribution in [3.05, 3.63) is 28.8 Å². The van der Waals surface area contributed by atoms with Crippen molar-refractivity contribution in [3.8, 4) is 0 Å². The van der Waals surface area contributed by atoms with E-state index in [9.17, 15) is 13.6 Å². The Morgan fingerprint density at radius 3 is 2.71 bits per heavy atom. The van der Waals surface area contributed by atoms with E-state index in [0.717, 1.165) is 32.0 Å². The summed E-state index contributed by atoms with van der Waals surface area (Å²) < 4.78 is 26.8. The molecule has 0 spiro atoms. The van der Waals surface area contributed by atoms with Gasteiger partial charge < -0.3 is 10.6 Å². The number of piperidine rings is 1. The van der Waals surface area contributed by atoms with Crippen molar-refractivity contribution in [2.45, 2.75) is 26.7 Å². The highest BCUT2D eigenvalue weighted by Gasteiger charge is 2.37. The minimum atomic E-state index is -0.870. The van der Waals surface area contributed by atoms with Gasteiger partial charge in [-0.3, -0.25) is 4.79 Å². The zero-order valence-corrected chi connectivity index (χ0v) is 12.9. The van der Waals surface area contributed by atoms with E-state index < -0.39 is 17.0 Å². The van der Waals surface area contributed by atoms with Gasteiger partial charge in [-0.05, 0) is 37.9 Å². The molecule has 1 heterocycles. The molecule has 1 atom stereocenters. The number of nitrogens with one attached hydrogen (secondary N) is 2. The zero-order valence-electron chi connectivity index (χ0n) is 12.1. The van der Waals surface area contributed by atoms with Crippen molar-refractivity contribution in [3.63, 3.8) is 0 Å². The van der Waals surface area contributed by atoms with Gasteiger partial charge in [0.1, 0.15) is 5.82 Å². The Hall–Kier alpha value is -1.20. The Labute approximate surface area is 128 Å². The molecule has 0 aliphatic carbocycles. The Kier molecular flexibility index (Phi) is 4.84. The summed E-state index contributed by atoms with van der Waals surface area (Å²) in [7, 11) is 0. The van der Waals surface area contributed by atoms with E-state index in [2.05, 4.69) is 10.6 Å². The van der Waals surface area contributed by atoms with E-state index in [1.807, 2.05) is 13.8 Å². The van der Waals surface area contributed by atoms with E-state index in [-0.39, 0.29) is 22.5 Å². The molecule has 2 N–H and O–H groups in total. The Morgan fingerprint density at radius 2 is 2.14 bits per heavy atom. The van der Waals surface area contributed by atoms with Gasteiger partial charge in [0.05, 0.1) is 10.7 Å². The minimum Gasteiger partial charge on any atom is -0.322 e. The monoisotopic (exact) mass is 316 g/mol. The van der Waals surface area contributed by atoms with Gasteiger partial charge in [-0.1, -0.05) is 25.4 Å². The van der Waals surface area contributed by atoms with Gasteiger partial charge in [0.25, 0.3) is 0 Å². The van der Waals surface area contributed by atoms with Crippen LogP contribution in [0.25, 0.3) is 0 Å². The van der Waals surface area contributed by atoms with Crippen molar-refractivity contribution in [2.24, 2.45) is 11.3 Å². The smallest absolute Gasteiger partial charge is 0.230 e. The minimum absolute atomic E-state index is 0.140. The van der Waals surface area contributed by atoms with E-state index in [4.69, 9.17) is 11.6 Å². The molecular weight excluding hydrogens is 298 g/mol. The molecule has 1 aromatic rings. The number of rotatable bonds is 3. The van der Waals surface area contributed by atoms with Crippen LogP contribution < -0.4 is 10.6 Å². The molecule has 1 saturated heterocycles. The maximum Gasteiger partial charge on any atom is 0.230 e. The molecule has 1 fully saturated rings. The van der Waals surface area contributed by atoms with Crippen molar-refractivity contribution >= 4 is 23.2 Å². The first-order valence-corrected chi connectivity index (χ1v) is 7.37. The lowest BCUT2D eigenvalue weighted by atomic mass is 9.74. The number of benzene rings is 1. The van der Waals surface area contributed by atoms with Crippen LogP contribution in [-0.2, 0) is 4.79 Å². The molecule has 1 amide bonds. The van der Waals surface area contributed by atoms with Crippen LogP contribution in [-0.4, -0.2) is 19.0 Å². The largest absolute Gasteiger partial charge is 0.322 e. The molecule has 6 heteroatoms. The highest BCUT2D eigenvalue weighted by atomic mass is 35.5. The maximum atomic E-state index is 13.8. The fraction of sp³-hybridized carbons (Fsp3) is 0.533. The van der Waals surface area contributed by atoms with Gasteiger partial charge in [0.2, 0.25) is 5.91 Å². The molecule has 0 saturated carbocycles. The fourth-order valence-corrected chi connectivity index (χ4v) is 2.83. The third-order valence-corrected chi connectivity index (χ3v) is 4.45. The van der Waals surface area contributed by atoms with Gasteiger partial charge in [0, 0.05) is 11.5 Å². The average Bonchev–Trinajstić information content (AvgIpc) is 2.43. The van der Waals surface area contributed by atoms with Crippen molar-refractivity contribution in [1.82, 2.24) is 5.32 Å². The number of anilines is 1. The first-order chi connectivity index (χ1) is 9.82. The quantitative estimate of drug-likeness (QED) is 0.895. The molecule has 0 aromatic heterocycles. The van der Waals surface area contributed by atoms with E-state index >= 15 is 0 Å². The summed E-state index contributed by atoms with van der Waals surface area (Å²) in [5.74, 6) is -1.80. The molecule has 1 aliphatic rings. The van der Waals surface area contributed by atoms with E-state index in [1.54, 1.807) is 0 Å². The van der Waals surface area contributed by atoms with Crippen LogP contribution in [0, 0.1) is 23.0 Å². The van der Waals surface area contributed by atoms with Crippen molar-refractivity contribution < 1.29 is 13.6 Å². The summed E-state index contributed by atoms with van der Waals surface area (Å²) in [6.45, 7) is 5.36. The summed E-state index contributed by atoms with van der Waals surface area (Å²) >= 11 is 5.81. The fourth-order valence-electron chi connectivity index (χ4n) is 2.59. The summed E-state index contributed by atoms with van der Waals surface area (Å²) in [6.07, 6.45) is 1.94. The summed E-state index contributed by atoms with van der Waals surface area (Å²) in [6, 6.07) is 1.69. The molecule has 3 nitrogen and oxygen atoms in total. The van der Waals surface area contributed by atoms with Crippen LogP contribution in [0.1, 0.15) is 26.7 Å². The van der Waals surface area contributed by atoms with Crippen molar-refractivity contribution in [1.29, 1.82) is 0 Å². The Balaban J connectivity index is 2.17. The number of halogens is 3. The molecule has 1 unspecified atom stereocenters. The molecule has 116 valence electrons. The lowest BCUT2D eigenvalue weighted by Gasteiger charge is -2.36. The molecule has 0 bridgehead atoms. The van der Waals surface area contributed by atoms with Gasteiger partial charge >= 0.3 is 0 Å². The number of hydrogen-bond acceptors (Lipinski definition) is 2. The lowest BCUT2D eigenvalue weighted by Crippen LogP contribution is -2.45. The van der Waals surface area contributed by atoms with Crippen LogP contribution >= 0.6 is 11.6 Å². The molecule has 2 rings (SSSR count). The SMILES string of the molecule is CC(C)(C(=O)Nc1c(F)cc(F)cc1Cl)C1CCCNC1. The second kappa shape index (κ2) is 6.28. The third kappa shape index (κ3) is 3.52. The highest BCUT2D eigenvalue weighted by Crippen LogP contribution is 2.34. The predicted molar refractivity (Wildman–Crippen MR) is 79.4 cm³/mol. The van der Waals surface area contributed by atoms with E-state index in [1.165, 1.54) is 0 Å². The molecular formula is C15H19ClF2N2O. The van der Waals surface area contributed by atoms with Crippen LogP contribution in [0.15, 0.2) is 12.1 Å². The topological polar surface area (TPSA) is 41.1 Å². The number of amides is 1. The van der Waals surface area contributed by atoms with Crippen LogP contribution in [0.3, 0.4) is 0 Å². The standard InChI is InChI=1S/C15H19ClF2N2O/c1-15(2,9-4-3-5-19-8-9)14(21)20-13-11(16)6-10(17)7-12(13)18/h6-7,9,19H,3-5,8H2,1-2H3,(H,20,21). The van der Waals surface area contributed by atoms with Crippen molar-refractivity contribution in [2.75, 3.05) is 18.4 Å². The number of carbonyl (C=O) groups excluding carboxylic acids is 1. The third-order valence-electron chi connectivity index (χ3n) is 4.15. The second-order valence-corrected chi connectivity index (χ2v) is 6.37. The van der Waals surface area contributed by atoms with Gasteiger partial charge in [0.15, 0.2) is 5.82 Å². The zero-order chi connectivity index (χ0) is 15.6. The molecule has 1 aliphatic heterocycles. The van der Waals surface area contributed by atoms with Gasteiger partial charge in [-0.15, -0.1) is 0 Å². The van der Waals surface area contributed by atoms with Crippen LogP contribution in [0.2, 0.25) is 5.02 Å². The van der Waals surface area contributed by atoms with Crippen LogP contribution in [0.5, 0.6) is 0 Å². The Morgan fingerprint density at radius 1 is 1.43 bits per heavy atom. The average molecular weight is 317 g/mol. The molecule has 0 radical (unpaired) electrons. The summed E-state index contributed by atoms with van der Waals surface area (Å²) in [5, 5.41) is 5.62. The van der Waals surface area contributed by atoms with Gasteiger partial charge in [-0.25, -0.2) is 8.78 Å². The highest BCUT2D eigenvalue weighted by molar-refractivity contribution is 6.33. The predicted octanol–water partition coefficient (Wildman–Crippen LogP) is 3.58. The first kappa shape index (κ1) is 16.2. The summed E-state index contributed by atoms with van der Waals surface area (Å²) in [5.41, 5.74) is -0.836. The molecule has 21 heavy (non-hydrogen) atoms. The number of carbonyl (C=O) groups is 1. The first-order valence-electron chi connectivity index (χ1n) is 6.99.